The SMILES string of the molecule is Cn1ccc2c(NC3CCCC3)ncnc21. The second kappa shape index (κ2) is 3.77. The Bertz CT molecular complexity index is 497. The van der Waals surface area contributed by atoms with Crippen LogP contribution in [0.1, 0.15) is 25.7 Å². The third-order valence-electron chi connectivity index (χ3n) is 3.36. The quantitative estimate of drug-likeness (QED) is 0.837. The Hall–Kier alpha value is -1.58. The van der Waals surface area contributed by atoms with Gasteiger partial charge < -0.3 is 9.88 Å². The van der Waals surface area contributed by atoms with Crippen molar-refractivity contribution in [1.29, 1.82) is 0 Å². The molecule has 0 aromatic carbocycles. The predicted molar refractivity (Wildman–Crippen MR) is 64.4 cm³/mol. The van der Waals surface area contributed by atoms with Crippen LogP contribution in [0.15, 0.2) is 18.6 Å². The van der Waals surface area contributed by atoms with Crippen molar-refractivity contribution in [3.8, 4) is 0 Å². The van der Waals surface area contributed by atoms with Gasteiger partial charge in [-0.3, -0.25) is 0 Å². The van der Waals surface area contributed by atoms with Gasteiger partial charge in [0, 0.05) is 19.3 Å². The van der Waals surface area contributed by atoms with Crippen molar-refractivity contribution in [2.24, 2.45) is 7.05 Å². The predicted octanol–water partition coefficient (Wildman–Crippen LogP) is 2.32. The molecule has 0 bridgehead atoms. The van der Waals surface area contributed by atoms with Crippen molar-refractivity contribution in [2.75, 3.05) is 5.32 Å². The summed E-state index contributed by atoms with van der Waals surface area (Å²) in [6.45, 7) is 0. The number of aryl methyl sites for hydroxylation is 1. The lowest BCUT2D eigenvalue weighted by atomic mass is 10.2. The maximum atomic E-state index is 4.35. The highest BCUT2D eigenvalue weighted by Gasteiger charge is 2.16. The lowest BCUT2D eigenvalue weighted by molar-refractivity contribution is 0.751. The first-order valence-electron chi connectivity index (χ1n) is 5.87. The van der Waals surface area contributed by atoms with E-state index in [1.165, 1.54) is 25.7 Å². The summed E-state index contributed by atoms with van der Waals surface area (Å²) in [5.74, 6) is 0.984. The summed E-state index contributed by atoms with van der Waals surface area (Å²) in [4.78, 5) is 8.64. The Labute approximate surface area is 94.7 Å². The minimum Gasteiger partial charge on any atom is -0.367 e. The number of nitrogens with one attached hydrogen (secondary N) is 1. The first kappa shape index (κ1) is 9.63. The number of hydrogen-bond acceptors (Lipinski definition) is 3. The van der Waals surface area contributed by atoms with Gasteiger partial charge in [-0.05, 0) is 18.9 Å². The minimum absolute atomic E-state index is 0.596. The summed E-state index contributed by atoms with van der Waals surface area (Å²) in [5.41, 5.74) is 0.996. The molecule has 4 heteroatoms. The number of nitrogens with zero attached hydrogens (tertiary/aromatic N) is 3. The van der Waals surface area contributed by atoms with E-state index >= 15 is 0 Å². The summed E-state index contributed by atoms with van der Waals surface area (Å²) in [6.07, 6.45) is 8.86. The number of hydrogen-bond donors (Lipinski definition) is 1. The van der Waals surface area contributed by atoms with Crippen molar-refractivity contribution in [2.45, 2.75) is 31.7 Å². The molecule has 2 heterocycles. The fourth-order valence-corrected chi connectivity index (χ4v) is 2.46. The zero-order chi connectivity index (χ0) is 11.0. The Balaban J connectivity index is 1.96. The monoisotopic (exact) mass is 216 g/mol. The Morgan fingerprint density at radius 3 is 2.94 bits per heavy atom. The van der Waals surface area contributed by atoms with Crippen molar-refractivity contribution < 1.29 is 0 Å². The van der Waals surface area contributed by atoms with Crippen LogP contribution >= 0.6 is 0 Å². The van der Waals surface area contributed by atoms with E-state index in [9.17, 15) is 0 Å². The first-order valence-corrected chi connectivity index (χ1v) is 5.87. The van der Waals surface area contributed by atoms with E-state index in [2.05, 4.69) is 21.4 Å². The van der Waals surface area contributed by atoms with Crippen LogP contribution in [0.4, 0.5) is 5.82 Å². The summed E-state index contributed by atoms with van der Waals surface area (Å²) < 4.78 is 2.02. The molecular weight excluding hydrogens is 200 g/mol. The van der Waals surface area contributed by atoms with E-state index in [-0.39, 0.29) is 0 Å². The topological polar surface area (TPSA) is 42.7 Å². The highest BCUT2D eigenvalue weighted by molar-refractivity contribution is 5.87. The van der Waals surface area contributed by atoms with Gasteiger partial charge >= 0.3 is 0 Å². The average molecular weight is 216 g/mol. The molecule has 0 aliphatic heterocycles. The van der Waals surface area contributed by atoms with Crippen molar-refractivity contribution in [1.82, 2.24) is 14.5 Å². The van der Waals surface area contributed by atoms with Crippen LogP contribution in [0.2, 0.25) is 0 Å². The number of fused-ring (bicyclic) bond motifs is 1. The maximum absolute atomic E-state index is 4.35. The van der Waals surface area contributed by atoms with Gasteiger partial charge in [0.2, 0.25) is 0 Å². The number of rotatable bonds is 2. The molecule has 0 spiro atoms. The third kappa shape index (κ3) is 1.54. The zero-order valence-corrected chi connectivity index (χ0v) is 9.48. The molecule has 84 valence electrons. The van der Waals surface area contributed by atoms with Gasteiger partial charge in [-0.25, -0.2) is 9.97 Å². The highest BCUT2D eigenvalue weighted by Crippen LogP contribution is 2.25. The second-order valence-electron chi connectivity index (χ2n) is 4.51. The molecule has 1 aliphatic rings. The number of anilines is 1. The Morgan fingerprint density at radius 1 is 1.31 bits per heavy atom. The van der Waals surface area contributed by atoms with E-state index in [0.29, 0.717) is 6.04 Å². The molecule has 2 aromatic rings. The standard InChI is InChI=1S/C12H16N4/c1-16-7-6-10-11(13-8-14-12(10)16)15-9-4-2-3-5-9/h6-9H,2-5H2,1H3,(H,13,14,15). The lowest BCUT2D eigenvalue weighted by Gasteiger charge is -2.12. The summed E-state index contributed by atoms with van der Waals surface area (Å²) >= 11 is 0. The zero-order valence-electron chi connectivity index (χ0n) is 9.48. The smallest absolute Gasteiger partial charge is 0.145 e. The molecule has 0 amide bonds. The van der Waals surface area contributed by atoms with Gasteiger partial charge in [0.05, 0.1) is 5.39 Å². The Kier molecular flexibility index (Phi) is 2.27. The van der Waals surface area contributed by atoms with Crippen LogP contribution in [0, 0.1) is 0 Å². The maximum Gasteiger partial charge on any atom is 0.145 e. The van der Waals surface area contributed by atoms with Gasteiger partial charge in [-0.2, -0.15) is 0 Å². The van der Waals surface area contributed by atoms with E-state index < -0.39 is 0 Å². The largest absolute Gasteiger partial charge is 0.367 e. The van der Waals surface area contributed by atoms with Crippen LogP contribution in [0.3, 0.4) is 0 Å². The molecule has 3 rings (SSSR count). The molecule has 4 nitrogen and oxygen atoms in total. The van der Waals surface area contributed by atoms with Gasteiger partial charge in [-0.1, -0.05) is 12.8 Å². The third-order valence-corrected chi connectivity index (χ3v) is 3.36. The van der Waals surface area contributed by atoms with Crippen LogP contribution < -0.4 is 5.32 Å². The normalized spacial score (nSPS) is 17.1. The van der Waals surface area contributed by atoms with E-state index in [4.69, 9.17) is 0 Å². The number of aromatic nitrogens is 3. The van der Waals surface area contributed by atoms with Gasteiger partial charge in [0.25, 0.3) is 0 Å². The van der Waals surface area contributed by atoms with Crippen LogP contribution in [0.5, 0.6) is 0 Å². The van der Waals surface area contributed by atoms with Gasteiger partial charge in [-0.15, -0.1) is 0 Å². The fourth-order valence-electron chi connectivity index (χ4n) is 2.46. The van der Waals surface area contributed by atoms with E-state index in [0.717, 1.165) is 16.9 Å². The molecule has 0 radical (unpaired) electrons. The summed E-state index contributed by atoms with van der Waals surface area (Å²) in [7, 11) is 2.01. The van der Waals surface area contributed by atoms with Crippen molar-refractivity contribution in [3.63, 3.8) is 0 Å². The average Bonchev–Trinajstić information content (AvgIpc) is 2.90. The molecule has 1 saturated carbocycles. The van der Waals surface area contributed by atoms with Crippen LogP contribution in [0.25, 0.3) is 11.0 Å². The molecule has 0 saturated heterocycles. The summed E-state index contributed by atoms with van der Waals surface area (Å²) in [6, 6.07) is 2.67. The first-order chi connectivity index (χ1) is 7.84. The van der Waals surface area contributed by atoms with Gasteiger partial charge in [0.15, 0.2) is 0 Å². The Morgan fingerprint density at radius 2 is 2.12 bits per heavy atom. The molecule has 16 heavy (non-hydrogen) atoms. The molecule has 0 atom stereocenters. The summed E-state index contributed by atoms with van der Waals surface area (Å²) in [5, 5.41) is 4.65. The van der Waals surface area contributed by atoms with E-state index in [1.54, 1.807) is 6.33 Å². The highest BCUT2D eigenvalue weighted by atomic mass is 15.1. The van der Waals surface area contributed by atoms with Crippen molar-refractivity contribution in [3.05, 3.63) is 18.6 Å². The molecule has 2 aromatic heterocycles. The molecule has 1 N–H and O–H groups in total. The van der Waals surface area contributed by atoms with Crippen molar-refractivity contribution >= 4 is 16.9 Å². The molecule has 0 unspecified atom stereocenters. The van der Waals surface area contributed by atoms with Crippen LogP contribution in [-0.2, 0) is 7.05 Å². The second-order valence-corrected chi connectivity index (χ2v) is 4.51. The minimum atomic E-state index is 0.596. The molecular formula is C12H16N4. The molecule has 1 aliphatic carbocycles. The fraction of sp³-hybridized carbons (Fsp3) is 0.500. The van der Waals surface area contributed by atoms with Crippen LogP contribution in [-0.4, -0.2) is 20.6 Å². The lowest BCUT2D eigenvalue weighted by Crippen LogP contribution is -2.15. The molecule has 1 fully saturated rings. The van der Waals surface area contributed by atoms with E-state index in [1.807, 2.05) is 17.8 Å². The van der Waals surface area contributed by atoms with Gasteiger partial charge in [0.1, 0.15) is 17.8 Å².